The summed E-state index contributed by atoms with van der Waals surface area (Å²) in [5.41, 5.74) is 0.599. The SMILES string of the molecule is CNC(=O)Cn1cc(NC(=O)CNCC2CC2)cn1. The summed E-state index contributed by atoms with van der Waals surface area (Å²) in [7, 11) is 1.57. The first-order valence-electron chi connectivity index (χ1n) is 6.41. The van der Waals surface area contributed by atoms with Crippen LogP contribution in [-0.2, 0) is 16.1 Å². The van der Waals surface area contributed by atoms with E-state index in [1.165, 1.54) is 23.7 Å². The van der Waals surface area contributed by atoms with E-state index in [0.717, 1.165) is 12.5 Å². The summed E-state index contributed by atoms with van der Waals surface area (Å²) in [5.74, 6) is 0.523. The molecule has 3 N–H and O–H groups in total. The lowest BCUT2D eigenvalue weighted by atomic mass is 10.4. The maximum atomic E-state index is 11.6. The molecule has 1 fully saturated rings. The summed E-state index contributed by atoms with van der Waals surface area (Å²) in [4.78, 5) is 22.8. The molecule has 0 bridgehead atoms. The Morgan fingerprint density at radius 1 is 1.42 bits per heavy atom. The summed E-state index contributed by atoms with van der Waals surface area (Å²) >= 11 is 0. The summed E-state index contributed by atoms with van der Waals surface area (Å²) < 4.78 is 1.48. The number of amides is 2. The first-order chi connectivity index (χ1) is 9.17. The fourth-order valence-electron chi connectivity index (χ4n) is 1.66. The van der Waals surface area contributed by atoms with Gasteiger partial charge in [0.15, 0.2) is 0 Å². The highest BCUT2D eigenvalue weighted by molar-refractivity contribution is 5.92. The van der Waals surface area contributed by atoms with Crippen molar-refractivity contribution in [1.82, 2.24) is 20.4 Å². The molecule has 0 spiro atoms. The second-order valence-corrected chi connectivity index (χ2v) is 4.72. The van der Waals surface area contributed by atoms with Crippen molar-refractivity contribution in [1.29, 1.82) is 0 Å². The second-order valence-electron chi connectivity index (χ2n) is 4.72. The number of likely N-dealkylation sites (N-methyl/N-ethyl adjacent to an activating group) is 1. The Balaban J connectivity index is 1.71. The molecule has 1 aliphatic rings. The molecule has 2 amide bonds. The Hall–Kier alpha value is -1.89. The van der Waals surface area contributed by atoms with Gasteiger partial charge in [0.05, 0.1) is 18.4 Å². The second kappa shape index (κ2) is 6.33. The minimum absolute atomic E-state index is 0.0971. The fraction of sp³-hybridized carbons (Fsp3) is 0.583. The van der Waals surface area contributed by atoms with Gasteiger partial charge in [-0.3, -0.25) is 14.3 Å². The van der Waals surface area contributed by atoms with Crippen molar-refractivity contribution < 1.29 is 9.59 Å². The van der Waals surface area contributed by atoms with E-state index in [2.05, 4.69) is 21.0 Å². The van der Waals surface area contributed by atoms with E-state index in [1.54, 1.807) is 13.2 Å². The van der Waals surface area contributed by atoms with Gasteiger partial charge in [0.25, 0.3) is 0 Å². The van der Waals surface area contributed by atoms with E-state index in [9.17, 15) is 9.59 Å². The molecule has 7 nitrogen and oxygen atoms in total. The van der Waals surface area contributed by atoms with Crippen LogP contribution in [0, 0.1) is 5.92 Å². The van der Waals surface area contributed by atoms with E-state index in [1.807, 2.05) is 0 Å². The van der Waals surface area contributed by atoms with Crippen LogP contribution in [-0.4, -0.2) is 41.7 Å². The van der Waals surface area contributed by atoms with Gasteiger partial charge in [0, 0.05) is 13.2 Å². The van der Waals surface area contributed by atoms with Gasteiger partial charge in [0.1, 0.15) is 6.54 Å². The van der Waals surface area contributed by atoms with Gasteiger partial charge in [-0.05, 0) is 25.3 Å². The highest BCUT2D eigenvalue weighted by Gasteiger charge is 2.20. The Labute approximate surface area is 111 Å². The third-order valence-electron chi connectivity index (χ3n) is 2.92. The normalized spacial score (nSPS) is 14.2. The lowest BCUT2D eigenvalue weighted by Gasteiger charge is -2.03. The Kier molecular flexibility index (Phi) is 4.51. The van der Waals surface area contributed by atoms with Crippen LogP contribution >= 0.6 is 0 Å². The molecule has 0 aromatic carbocycles. The number of hydrogen-bond acceptors (Lipinski definition) is 4. The minimum Gasteiger partial charge on any atom is -0.358 e. The van der Waals surface area contributed by atoms with Gasteiger partial charge in [-0.25, -0.2) is 0 Å². The standard InChI is InChI=1S/C12H19N5O2/c1-13-12(19)8-17-7-10(5-15-17)16-11(18)6-14-4-9-2-3-9/h5,7,9,14H,2-4,6,8H2,1H3,(H,13,19)(H,16,18). The zero-order chi connectivity index (χ0) is 13.7. The number of aromatic nitrogens is 2. The number of carbonyl (C=O) groups is 2. The van der Waals surface area contributed by atoms with Crippen LogP contribution in [0.3, 0.4) is 0 Å². The van der Waals surface area contributed by atoms with Crippen molar-refractivity contribution in [2.45, 2.75) is 19.4 Å². The highest BCUT2D eigenvalue weighted by atomic mass is 16.2. The van der Waals surface area contributed by atoms with Crippen LogP contribution in [0.1, 0.15) is 12.8 Å². The van der Waals surface area contributed by atoms with Crippen molar-refractivity contribution in [2.24, 2.45) is 5.92 Å². The van der Waals surface area contributed by atoms with E-state index >= 15 is 0 Å². The number of carbonyl (C=O) groups excluding carboxylic acids is 2. The third kappa shape index (κ3) is 4.70. The molecule has 2 rings (SSSR count). The average Bonchev–Trinajstić information content (AvgIpc) is 3.10. The Morgan fingerprint density at radius 3 is 2.89 bits per heavy atom. The summed E-state index contributed by atoms with van der Waals surface area (Å²) in [6, 6.07) is 0. The fourth-order valence-corrected chi connectivity index (χ4v) is 1.66. The van der Waals surface area contributed by atoms with E-state index < -0.39 is 0 Å². The predicted molar refractivity (Wildman–Crippen MR) is 70.5 cm³/mol. The van der Waals surface area contributed by atoms with Crippen LogP contribution in [0.4, 0.5) is 5.69 Å². The van der Waals surface area contributed by atoms with E-state index in [0.29, 0.717) is 12.2 Å². The van der Waals surface area contributed by atoms with E-state index in [-0.39, 0.29) is 18.4 Å². The first kappa shape index (κ1) is 13.5. The van der Waals surface area contributed by atoms with Crippen molar-refractivity contribution in [3.05, 3.63) is 12.4 Å². The van der Waals surface area contributed by atoms with Gasteiger partial charge >= 0.3 is 0 Å². The van der Waals surface area contributed by atoms with Crippen molar-refractivity contribution in [2.75, 3.05) is 25.5 Å². The molecule has 1 aromatic heterocycles. The molecule has 1 aliphatic carbocycles. The van der Waals surface area contributed by atoms with Gasteiger partial charge < -0.3 is 16.0 Å². The van der Waals surface area contributed by atoms with E-state index in [4.69, 9.17) is 0 Å². The Morgan fingerprint density at radius 2 is 2.21 bits per heavy atom. The predicted octanol–water partition coefficient (Wildman–Crippen LogP) is -0.433. The molecule has 0 unspecified atom stereocenters. The van der Waals surface area contributed by atoms with Crippen molar-refractivity contribution in [3.8, 4) is 0 Å². The molecule has 7 heteroatoms. The zero-order valence-corrected chi connectivity index (χ0v) is 11.0. The average molecular weight is 265 g/mol. The number of nitrogens with one attached hydrogen (secondary N) is 3. The molecular weight excluding hydrogens is 246 g/mol. The van der Waals surface area contributed by atoms with Gasteiger partial charge in [-0.1, -0.05) is 0 Å². The molecule has 0 atom stereocenters. The first-order valence-corrected chi connectivity index (χ1v) is 6.41. The summed E-state index contributed by atoms with van der Waals surface area (Å²) in [5, 5.41) is 12.4. The third-order valence-corrected chi connectivity index (χ3v) is 2.92. The quantitative estimate of drug-likeness (QED) is 0.624. The van der Waals surface area contributed by atoms with Crippen molar-refractivity contribution in [3.63, 3.8) is 0 Å². The smallest absolute Gasteiger partial charge is 0.241 e. The molecular formula is C12H19N5O2. The molecule has 0 radical (unpaired) electrons. The maximum absolute atomic E-state index is 11.6. The maximum Gasteiger partial charge on any atom is 0.241 e. The molecule has 1 aromatic rings. The Bertz CT molecular complexity index is 453. The monoisotopic (exact) mass is 265 g/mol. The number of anilines is 1. The minimum atomic E-state index is -0.132. The lowest BCUT2D eigenvalue weighted by Crippen LogP contribution is -2.29. The molecule has 104 valence electrons. The van der Waals surface area contributed by atoms with Crippen LogP contribution in [0.25, 0.3) is 0 Å². The van der Waals surface area contributed by atoms with Crippen LogP contribution in [0.5, 0.6) is 0 Å². The summed E-state index contributed by atoms with van der Waals surface area (Å²) in [6.45, 7) is 1.35. The molecule has 0 aliphatic heterocycles. The number of hydrogen-bond donors (Lipinski definition) is 3. The van der Waals surface area contributed by atoms with Gasteiger partial charge in [0.2, 0.25) is 11.8 Å². The summed E-state index contributed by atoms with van der Waals surface area (Å²) in [6.07, 6.45) is 5.69. The van der Waals surface area contributed by atoms with Crippen LogP contribution < -0.4 is 16.0 Å². The zero-order valence-electron chi connectivity index (χ0n) is 11.0. The van der Waals surface area contributed by atoms with Gasteiger partial charge in [-0.2, -0.15) is 5.10 Å². The largest absolute Gasteiger partial charge is 0.358 e. The topological polar surface area (TPSA) is 88.0 Å². The highest BCUT2D eigenvalue weighted by Crippen LogP contribution is 2.27. The molecule has 0 saturated heterocycles. The van der Waals surface area contributed by atoms with Crippen LogP contribution in [0.15, 0.2) is 12.4 Å². The van der Waals surface area contributed by atoms with Crippen LogP contribution in [0.2, 0.25) is 0 Å². The number of nitrogens with zero attached hydrogens (tertiary/aromatic N) is 2. The molecule has 19 heavy (non-hydrogen) atoms. The number of rotatable bonds is 7. The lowest BCUT2D eigenvalue weighted by molar-refractivity contribution is -0.121. The molecule has 1 heterocycles. The molecule has 1 saturated carbocycles. The van der Waals surface area contributed by atoms with Crippen molar-refractivity contribution >= 4 is 17.5 Å². The van der Waals surface area contributed by atoms with Gasteiger partial charge in [-0.15, -0.1) is 0 Å².